The Labute approximate surface area is 170 Å². The van der Waals surface area contributed by atoms with E-state index in [2.05, 4.69) is 11.4 Å². The molecule has 2 fully saturated rings. The number of carbonyl (C=O) groups is 2. The van der Waals surface area contributed by atoms with Gasteiger partial charge in [-0.15, -0.1) is 0 Å². The summed E-state index contributed by atoms with van der Waals surface area (Å²) in [6, 6.07) is 13.8. The zero-order valence-corrected chi connectivity index (χ0v) is 16.7. The molecule has 29 heavy (non-hydrogen) atoms. The molecule has 0 saturated heterocycles. The summed E-state index contributed by atoms with van der Waals surface area (Å²) in [5.74, 6) is 1.69. The Morgan fingerprint density at radius 1 is 0.931 bits per heavy atom. The van der Waals surface area contributed by atoms with E-state index in [4.69, 9.17) is 9.47 Å². The van der Waals surface area contributed by atoms with Gasteiger partial charge in [0.1, 0.15) is 0 Å². The predicted molar refractivity (Wildman–Crippen MR) is 109 cm³/mol. The van der Waals surface area contributed by atoms with Crippen molar-refractivity contribution in [2.45, 2.75) is 31.2 Å². The second-order valence-corrected chi connectivity index (χ2v) is 8.43. The molecule has 5 nitrogen and oxygen atoms in total. The molecule has 3 aliphatic rings. The molecular formula is C24H25NO4. The Bertz CT molecular complexity index is 967. The number of methoxy groups -OCH3 is 2. The maximum Gasteiger partial charge on any atom is 0.339 e. The highest BCUT2D eigenvalue weighted by molar-refractivity contribution is 5.97. The number of nitrogens with one attached hydrogen (secondary N) is 1. The van der Waals surface area contributed by atoms with E-state index in [0.717, 1.165) is 11.3 Å². The Balaban J connectivity index is 1.59. The van der Waals surface area contributed by atoms with Gasteiger partial charge in [-0.25, -0.2) is 9.59 Å². The third-order valence-corrected chi connectivity index (χ3v) is 7.22. The van der Waals surface area contributed by atoms with Crippen molar-refractivity contribution in [1.29, 1.82) is 0 Å². The van der Waals surface area contributed by atoms with Crippen LogP contribution in [0.15, 0.2) is 42.5 Å². The Morgan fingerprint density at radius 3 is 2.38 bits per heavy atom. The third-order valence-electron chi connectivity index (χ3n) is 7.22. The molecule has 0 unspecified atom stereocenters. The molecule has 1 N–H and O–H groups in total. The van der Waals surface area contributed by atoms with Gasteiger partial charge in [0, 0.05) is 0 Å². The molecule has 1 heterocycles. The lowest BCUT2D eigenvalue weighted by atomic mass is 9.67. The second-order valence-electron chi connectivity index (χ2n) is 8.43. The van der Waals surface area contributed by atoms with E-state index < -0.39 is 0 Å². The van der Waals surface area contributed by atoms with Gasteiger partial charge in [-0.3, -0.25) is 0 Å². The average molecular weight is 391 g/mol. The number of rotatable bonds is 3. The van der Waals surface area contributed by atoms with Gasteiger partial charge >= 0.3 is 11.9 Å². The van der Waals surface area contributed by atoms with Gasteiger partial charge in [-0.05, 0) is 72.3 Å². The number of carbonyl (C=O) groups excluding carboxylic acids is 2. The van der Waals surface area contributed by atoms with Crippen LogP contribution < -0.4 is 5.32 Å². The smallest absolute Gasteiger partial charge is 0.339 e. The van der Waals surface area contributed by atoms with Crippen LogP contribution in [-0.2, 0) is 9.47 Å². The fraction of sp³-hybridized carbons (Fsp3) is 0.417. The summed E-state index contributed by atoms with van der Waals surface area (Å²) >= 11 is 0. The first-order valence-corrected chi connectivity index (χ1v) is 10.3. The lowest BCUT2D eigenvalue weighted by molar-refractivity contribution is 0.0591. The highest BCUT2D eigenvalue weighted by atomic mass is 16.5. The first-order valence-electron chi connectivity index (χ1n) is 10.3. The predicted octanol–water partition coefficient (Wildman–Crippen LogP) is 4.56. The number of fused-ring (bicyclic) bond motifs is 7. The van der Waals surface area contributed by atoms with Gasteiger partial charge in [0.15, 0.2) is 0 Å². The molecule has 2 aromatic carbocycles. The van der Waals surface area contributed by atoms with Crippen molar-refractivity contribution in [2.24, 2.45) is 17.8 Å². The fourth-order valence-electron chi connectivity index (χ4n) is 6.07. The Morgan fingerprint density at radius 2 is 1.66 bits per heavy atom. The average Bonchev–Trinajstić information content (AvgIpc) is 3.40. The minimum Gasteiger partial charge on any atom is -0.465 e. The zero-order chi connectivity index (χ0) is 20.1. The molecule has 5 atom stereocenters. The summed E-state index contributed by atoms with van der Waals surface area (Å²) in [6.07, 6.45) is 3.80. The summed E-state index contributed by atoms with van der Waals surface area (Å²) in [5.41, 5.74) is 4.46. The van der Waals surface area contributed by atoms with Crippen LogP contribution in [0.3, 0.4) is 0 Å². The quantitative estimate of drug-likeness (QED) is 0.778. The number of anilines is 1. The number of hydrogen-bond donors (Lipinski definition) is 1. The van der Waals surface area contributed by atoms with Gasteiger partial charge in [0.05, 0.1) is 37.1 Å². The molecule has 0 amide bonds. The molecule has 5 rings (SSSR count). The topological polar surface area (TPSA) is 64.6 Å². The minimum absolute atomic E-state index is 0.111. The van der Waals surface area contributed by atoms with Gasteiger partial charge < -0.3 is 14.8 Å². The largest absolute Gasteiger partial charge is 0.465 e. The van der Waals surface area contributed by atoms with Gasteiger partial charge in [-0.1, -0.05) is 24.3 Å². The molecule has 2 bridgehead atoms. The second kappa shape index (κ2) is 6.90. The van der Waals surface area contributed by atoms with E-state index in [1.807, 2.05) is 36.4 Å². The molecule has 2 saturated carbocycles. The van der Waals surface area contributed by atoms with Crippen LogP contribution in [0.25, 0.3) is 0 Å². The van der Waals surface area contributed by atoms with Crippen molar-refractivity contribution in [3.63, 3.8) is 0 Å². The number of hydrogen-bond acceptors (Lipinski definition) is 5. The molecular weight excluding hydrogens is 366 g/mol. The van der Waals surface area contributed by atoms with Crippen LogP contribution in [0.2, 0.25) is 0 Å². The third kappa shape index (κ3) is 2.75. The standard InChI is InChI=1S/C24H25NO4/c1-28-23(26)14-8-6-13(7-9-14)21-20-16-11-10-15(12-16)19(20)17-4-3-5-18(22(17)25-21)24(27)29-2/h3-9,15-16,19-21,25H,10-12H2,1-2H3/t15-,16-,19-,20-,21-/m0/s1. The normalized spacial score (nSPS) is 28.8. The molecule has 0 radical (unpaired) electrons. The van der Waals surface area contributed by atoms with E-state index in [1.54, 1.807) is 0 Å². The van der Waals surface area contributed by atoms with E-state index >= 15 is 0 Å². The Hall–Kier alpha value is -2.82. The number of para-hydroxylation sites is 1. The molecule has 2 aromatic rings. The van der Waals surface area contributed by atoms with Crippen molar-refractivity contribution in [3.05, 3.63) is 64.7 Å². The number of esters is 2. The highest BCUT2D eigenvalue weighted by Crippen LogP contribution is 2.64. The van der Waals surface area contributed by atoms with Crippen molar-refractivity contribution in [1.82, 2.24) is 0 Å². The van der Waals surface area contributed by atoms with Crippen molar-refractivity contribution < 1.29 is 19.1 Å². The van der Waals surface area contributed by atoms with Crippen molar-refractivity contribution in [3.8, 4) is 0 Å². The van der Waals surface area contributed by atoms with Crippen LogP contribution in [-0.4, -0.2) is 26.2 Å². The van der Waals surface area contributed by atoms with E-state index in [9.17, 15) is 9.59 Å². The van der Waals surface area contributed by atoms with Gasteiger partial charge in [0.2, 0.25) is 0 Å². The van der Waals surface area contributed by atoms with Crippen molar-refractivity contribution in [2.75, 3.05) is 19.5 Å². The van der Waals surface area contributed by atoms with Crippen LogP contribution in [0.4, 0.5) is 5.69 Å². The number of ether oxygens (including phenoxy) is 2. The summed E-state index contributed by atoms with van der Waals surface area (Å²) < 4.78 is 9.87. The molecule has 150 valence electrons. The van der Waals surface area contributed by atoms with Gasteiger partial charge in [-0.2, -0.15) is 0 Å². The molecule has 1 aliphatic heterocycles. The maximum atomic E-state index is 12.4. The van der Waals surface area contributed by atoms with Crippen LogP contribution in [0, 0.1) is 17.8 Å². The zero-order valence-electron chi connectivity index (χ0n) is 16.7. The molecule has 2 aliphatic carbocycles. The number of benzene rings is 2. The Kier molecular flexibility index (Phi) is 4.34. The van der Waals surface area contributed by atoms with E-state index in [-0.39, 0.29) is 18.0 Å². The maximum absolute atomic E-state index is 12.4. The highest BCUT2D eigenvalue weighted by Gasteiger charge is 2.54. The lowest BCUT2D eigenvalue weighted by Crippen LogP contribution is -2.36. The van der Waals surface area contributed by atoms with Crippen LogP contribution in [0.5, 0.6) is 0 Å². The molecule has 5 heteroatoms. The summed E-state index contributed by atoms with van der Waals surface area (Å²) in [4.78, 5) is 24.2. The summed E-state index contributed by atoms with van der Waals surface area (Å²) in [5, 5.41) is 3.70. The van der Waals surface area contributed by atoms with Gasteiger partial charge in [0.25, 0.3) is 0 Å². The SMILES string of the molecule is COC(=O)c1ccc([C@@H]2Nc3c(C(=O)OC)cccc3[C@@H]3[C@H]4CC[C@@H](C4)[C@@H]32)cc1. The van der Waals surface area contributed by atoms with E-state index in [1.165, 1.54) is 39.0 Å². The molecule has 0 aromatic heterocycles. The van der Waals surface area contributed by atoms with Crippen LogP contribution >= 0.6 is 0 Å². The van der Waals surface area contributed by atoms with E-state index in [0.29, 0.717) is 34.8 Å². The monoisotopic (exact) mass is 391 g/mol. The van der Waals surface area contributed by atoms with Crippen molar-refractivity contribution >= 4 is 17.6 Å². The first-order chi connectivity index (χ1) is 14.1. The lowest BCUT2D eigenvalue weighted by Gasteiger charge is -2.44. The molecule has 0 spiro atoms. The first kappa shape index (κ1) is 18.2. The minimum atomic E-state index is -0.329. The fourth-order valence-corrected chi connectivity index (χ4v) is 6.07. The summed E-state index contributed by atoms with van der Waals surface area (Å²) in [7, 11) is 2.82. The van der Waals surface area contributed by atoms with Crippen LogP contribution in [0.1, 0.15) is 63.1 Å². The summed E-state index contributed by atoms with van der Waals surface area (Å²) in [6.45, 7) is 0.